The molecule has 0 spiro atoms. The number of nitrogens with zero attached hydrogens (tertiary/aromatic N) is 3. The van der Waals surface area contributed by atoms with E-state index in [-0.39, 0.29) is 25.4 Å². The minimum absolute atomic E-state index is 0.0844. The number of hydrogen-bond donors (Lipinski definition) is 0. The molecular formula is C11H10ClN3O4S. The highest BCUT2D eigenvalue weighted by Gasteiger charge is 2.37. The molecule has 1 unspecified atom stereocenters. The third kappa shape index (κ3) is 2.36. The summed E-state index contributed by atoms with van der Waals surface area (Å²) in [7, 11) is 1.58. The van der Waals surface area contributed by atoms with Gasteiger partial charge in [0, 0.05) is 35.8 Å². The van der Waals surface area contributed by atoms with Crippen LogP contribution in [0.2, 0.25) is 0 Å². The Morgan fingerprint density at radius 1 is 1.40 bits per heavy atom. The van der Waals surface area contributed by atoms with Crippen molar-refractivity contribution in [2.45, 2.75) is 18.2 Å². The zero-order valence-electron chi connectivity index (χ0n) is 10.2. The minimum atomic E-state index is -3.73. The fourth-order valence-electron chi connectivity index (χ4n) is 2.27. The molecule has 1 saturated heterocycles. The van der Waals surface area contributed by atoms with Crippen LogP contribution in [-0.2, 0) is 20.4 Å². The lowest BCUT2D eigenvalue weighted by molar-refractivity contribution is -0.128. The summed E-state index contributed by atoms with van der Waals surface area (Å²) in [4.78, 5) is 13.3. The maximum atomic E-state index is 11.9. The van der Waals surface area contributed by atoms with Crippen LogP contribution < -0.4 is 0 Å². The van der Waals surface area contributed by atoms with Crippen molar-refractivity contribution >= 4 is 36.7 Å². The summed E-state index contributed by atoms with van der Waals surface area (Å²) in [5, 5.41) is 6.65. The van der Waals surface area contributed by atoms with Crippen molar-refractivity contribution in [3.8, 4) is 0 Å². The molecule has 3 rings (SSSR count). The van der Waals surface area contributed by atoms with E-state index in [2.05, 4.69) is 14.9 Å². The van der Waals surface area contributed by atoms with Gasteiger partial charge in [0.2, 0.25) is 15.0 Å². The molecule has 2 aromatic rings. The molecule has 2 heterocycles. The van der Waals surface area contributed by atoms with Gasteiger partial charge in [-0.2, -0.15) is 0 Å². The SMILES string of the molecule is O=C1CC(S(=O)(=O)Cl)CN1Cc1cccc2nonc12. The summed E-state index contributed by atoms with van der Waals surface area (Å²) in [5.41, 5.74) is 1.91. The lowest BCUT2D eigenvalue weighted by atomic mass is 10.2. The highest BCUT2D eigenvalue weighted by atomic mass is 35.7. The maximum Gasteiger partial charge on any atom is 0.237 e. The van der Waals surface area contributed by atoms with E-state index in [1.807, 2.05) is 0 Å². The standard InChI is InChI=1S/C11H10ClN3O4S/c12-20(17,18)8-4-10(16)15(6-8)5-7-2-1-3-9-11(7)14-19-13-9/h1-3,8H,4-6H2. The molecule has 1 aromatic carbocycles. The van der Waals surface area contributed by atoms with Crippen molar-refractivity contribution in [1.29, 1.82) is 0 Å². The Morgan fingerprint density at radius 3 is 2.90 bits per heavy atom. The van der Waals surface area contributed by atoms with Crippen LogP contribution in [0.1, 0.15) is 12.0 Å². The van der Waals surface area contributed by atoms with E-state index in [1.165, 1.54) is 4.90 Å². The number of carbonyl (C=O) groups excluding carboxylic acids is 1. The minimum Gasteiger partial charge on any atom is -0.337 e. The quantitative estimate of drug-likeness (QED) is 0.781. The number of hydrogen-bond acceptors (Lipinski definition) is 6. The smallest absolute Gasteiger partial charge is 0.237 e. The number of carbonyl (C=O) groups is 1. The molecule has 0 bridgehead atoms. The molecule has 7 nitrogen and oxygen atoms in total. The highest BCUT2D eigenvalue weighted by molar-refractivity contribution is 8.14. The number of halogens is 1. The monoisotopic (exact) mass is 315 g/mol. The number of fused-ring (bicyclic) bond motifs is 1. The Bertz CT molecular complexity index is 773. The van der Waals surface area contributed by atoms with Crippen LogP contribution in [0.15, 0.2) is 22.8 Å². The Hall–Kier alpha value is -1.67. The first-order valence-electron chi connectivity index (χ1n) is 5.86. The van der Waals surface area contributed by atoms with Crippen molar-refractivity contribution in [2.75, 3.05) is 6.54 Å². The van der Waals surface area contributed by atoms with Gasteiger partial charge in [0.15, 0.2) is 0 Å². The van der Waals surface area contributed by atoms with E-state index in [4.69, 9.17) is 10.7 Å². The zero-order valence-corrected chi connectivity index (χ0v) is 11.8. The van der Waals surface area contributed by atoms with Gasteiger partial charge in [-0.15, -0.1) is 0 Å². The third-order valence-electron chi connectivity index (χ3n) is 3.31. The lowest BCUT2D eigenvalue weighted by Gasteiger charge is -2.15. The molecule has 9 heteroatoms. The molecule has 1 atom stereocenters. The largest absolute Gasteiger partial charge is 0.337 e. The first-order valence-corrected chi connectivity index (χ1v) is 8.24. The molecule has 0 radical (unpaired) electrons. The number of amides is 1. The van der Waals surface area contributed by atoms with E-state index in [9.17, 15) is 13.2 Å². The second-order valence-electron chi connectivity index (χ2n) is 4.63. The Morgan fingerprint density at radius 2 is 2.20 bits per heavy atom. The summed E-state index contributed by atoms with van der Waals surface area (Å²) in [6.45, 7) is 0.347. The first kappa shape index (κ1) is 13.3. The van der Waals surface area contributed by atoms with Crippen molar-refractivity contribution in [3.63, 3.8) is 0 Å². The average Bonchev–Trinajstić information content (AvgIpc) is 2.96. The van der Waals surface area contributed by atoms with E-state index >= 15 is 0 Å². The fourth-order valence-corrected chi connectivity index (χ4v) is 3.33. The summed E-state index contributed by atoms with van der Waals surface area (Å²) < 4.78 is 27.2. The molecule has 1 amide bonds. The summed E-state index contributed by atoms with van der Waals surface area (Å²) in [6.07, 6.45) is -0.0844. The van der Waals surface area contributed by atoms with E-state index in [0.29, 0.717) is 11.0 Å². The van der Waals surface area contributed by atoms with Gasteiger partial charge in [-0.05, 0) is 16.4 Å². The molecular weight excluding hydrogens is 306 g/mol. The van der Waals surface area contributed by atoms with Crippen LogP contribution in [0.4, 0.5) is 0 Å². The molecule has 1 aromatic heterocycles. The van der Waals surface area contributed by atoms with Crippen LogP contribution in [0.3, 0.4) is 0 Å². The van der Waals surface area contributed by atoms with E-state index in [1.54, 1.807) is 18.2 Å². The predicted octanol–water partition coefficient (Wildman–Crippen LogP) is 0.892. The number of likely N-dealkylation sites (tertiary alicyclic amines) is 1. The Balaban J connectivity index is 1.85. The fraction of sp³-hybridized carbons (Fsp3) is 0.364. The summed E-state index contributed by atoms with van der Waals surface area (Å²) in [6, 6.07) is 5.31. The zero-order chi connectivity index (χ0) is 14.3. The van der Waals surface area contributed by atoms with Crippen LogP contribution >= 0.6 is 10.7 Å². The van der Waals surface area contributed by atoms with E-state index in [0.717, 1.165) is 5.56 Å². The number of benzene rings is 1. The van der Waals surface area contributed by atoms with Crippen LogP contribution in [0, 0.1) is 0 Å². The third-order valence-corrected chi connectivity index (χ3v) is 5.18. The molecule has 1 aliphatic rings. The molecule has 0 N–H and O–H groups in total. The number of rotatable bonds is 3. The van der Waals surface area contributed by atoms with Crippen LogP contribution in [-0.4, -0.2) is 41.3 Å². The van der Waals surface area contributed by atoms with Gasteiger partial charge in [0.05, 0.1) is 0 Å². The summed E-state index contributed by atoms with van der Waals surface area (Å²) in [5.74, 6) is -0.243. The van der Waals surface area contributed by atoms with Gasteiger partial charge in [-0.25, -0.2) is 13.0 Å². The van der Waals surface area contributed by atoms with Gasteiger partial charge >= 0.3 is 0 Å². The van der Waals surface area contributed by atoms with Crippen LogP contribution in [0.25, 0.3) is 11.0 Å². The molecule has 1 fully saturated rings. The van der Waals surface area contributed by atoms with Crippen molar-refractivity contribution in [2.24, 2.45) is 0 Å². The lowest BCUT2D eigenvalue weighted by Crippen LogP contribution is -2.26. The normalized spacial score (nSPS) is 19.9. The van der Waals surface area contributed by atoms with Gasteiger partial charge in [0.25, 0.3) is 0 Å². The topological polar surface area (TPSA) is 93.4 Å². The molecule has 106 valence electrons. The first-order chi connectivity index (χ1) is 9.45. The van der Waals surface area contributed by atoms with E-state index < -0.39 is 14.3 Å². The molecule has 0 saturated carbocycles. The molecule has 1 aliphatic heterocycles. The second-order valence-corrected chi connectivity index (χ2v) is 7.53. The van der Waals surface area contributed by atoms with Gasteiger partial charge < -0.3 is 4.90 Å². The van der Waals surface area contributed by atoms with Crippen LogP contribution in [0.5, 0.6) is 0 Å². The maximum absolute atomic E-state index is 11.9. The van der Waals surface area contributed by atoms with Crippen molar-refractivity contribution in [3.05, 3.63) is 23.8 Å². The van der Waals surface area contributed by atoms with Gasteiger partial charge in [0.1, 0.15) is 16.3 Å². The number of aromatic nitrogens is 2. The Labute approximate surface area is 118 Å². The summed E-state index contributed by atoms with van der Waals surface area (Å²) >= 11 is 0. The average molecular weight is 316 g/mol. The van der Waals surface area contributed by atoms with Gasteiger partial charge in [-0.3, -0.25) is 4.79 Å². The predicted molar refractivity (Wildman–Crippen MR) is 70.4 cm³/mol. The van der Waals surface area contributed by atoms with Crippen molar-refractivity contribution in [1.82, 2.24) is 15.2 Å². The highest BCUT2D eigenvalue weighted by Crippen LogP contribution is 2.24. The molecule has 20 heavy (non-hydrogen) atoms. The molecule has 0 aliphatic carbocycles. The Kier molecular flexibility index (Phi) is 3.14. The second kappa shape index (κ2) is 4.71. The van der Waals surface area contributed by atoms with Gasteiger partial charge in [-0.1, -0.05) is 12.1 Å². The van der Waals surface area contributed by atoms with Crippen molar-refractivity contribution < 1.29 is 17.8 Å².